The van der Waals surface area contributed by atoms with Gasteiger partial charge in [-0.15, -0.1) is 0 Å². The molecule has 0 aromatic rings. The number of likely N-dealkylation sites (tertiary alicyclic amines) is 1. The molecule has 2 aliphatic heterocycles. The minimum atomic E-state index is 0.828. The lowest BCUT2D eigenvalue weighted by atomic mass is 9.84. The summed E-state index contributed by atoms with van der Waals surface area (Å²) < 4.78 is 0. The molecular formula is C14H26N2. The van der Waals surface area contributed by atoms with Crippen molar-refractivity contribution in [3.05, 3.63) is 0 Å². The lowest BCUT2D eigenvalue weighted by Crippen LogP contribution is -2.54. The molecule has 0 spiro atoms. The molecule has 2 nitrogen and oxygen atoms in total. The van der Waals surface area contributed by atoms with Gasteiger partial charge in [0.15, 0.2) is 0 Å². The van der Waals surface area contributed by atoms with Crippen molar-refractivity contribution in [3.63, 3.8) is 0 Å². The van der Waals surface area contributed by atoms with E-state index in [1.807, 2.05) is 0 Å². The Kier molecular flexibility index (Phi) is 3.49. The highest BCUT2D eigenvalue weighted by atomic mass is 15.2. The maximum absolute atomic E-state index is 3.85. The molecule has 92 valence electrons. The number of hydrogen-bond acceptors (Lipinski definition) is 2. The fourth-order valence-corrected chi connectivity index (χ4v) is 4.18. The van der Waals surface area contributed by atoms with E-state index in [2.05, 4.69) is 10.2 Å². The summed E-state index contributed by atoms with van der Waals surface area (Å²) in [5.41, 5.74) is 0. The van der Waals surface area contributed by atoms with Gasteiger partial charge in [-0.2, -0.15) is 0 Å². The van der Waals surface area contributed by atoms with Crippen LogP contribution in [0.3, 0.4) is 0 Å². The van der Waals surface area contributed by atoms with Gasteiger partial charge in [-0.05, 0) is 64.1 Å². The summed E-state index contributed by atoms with van der Waals surface area (Å²) in [6.07, 6.45) is 11.7. The standard InChI is InChI=1S/C14H26N2/c1-2-8-13(16-10-3-4-11-16)14-12(6-1)7-5-9-15-14/h12-15H,1-11H2. The van der Waals surface area contributed by atoms with Crippen LogP contribution in [0.1, 0.15) is 51.4 Å². The van der Waals surface area contributed by atoms with E-state index >= 15 is 0 Å². The third kappa shape index (κ3) is 2.14. The van der Waals surface area contributed by atoms with Crippen molar-refractivity contribution < 1.29 is 0 Å². The third-order valence-electron chi connectivity index (χ3n) is 4.99. The van der Waals surface area contributed by atoms with Gasteiger partial charge in [-0.25, -0.2) is 0 Å². The van der Waals surface area contributed by atoms with Crippen LogP contribution in [-0.4, -0.2) is 36.6 Å². The quantitative estimate of drug-likeness (QED) is 0.733. The first kappa shape index (κ1) is 11.0. The number of nitrogens with zero attached hydrogens (tertiary/aromatic N) is 1. The summed E-state index contributed by atoms with van der Waals surface area (Å²) in [5.74, 6) is 0.988. The topological polar surface area (TPSA) is 15.3 Å². The molecule has 3 unspecified atom stereocenters. The second-order valence-electron chi connectivity index (χ2n) is 5.98. The molecule has 3 fully saturated rings. The van der Waals surface area contributed by atoms with Gasteiger partial charge < -0.3 is 5.32 Å². The first-order valence-corrected chi connectivity index (χ1v) is 7.42. The minimum absolute atomic E-state index is 0.828. The maximum Gasteiger partial charge on any atom is 0.0252 e. The van der Waals surface area contributed by atoms with E-state index in [4.69, 9.17) is 0 Å². The van der Waals surface area contributed by atoms with Gasteiger partial charge in [-0.3, -0.25) is 4.90 Å². The van der Waals surface area contributed by atoms with Crippen molar-refractivity contribution in [3.8, 4) is 0 Å². The van der Waals surface area contributed by atoms with Crippen molar-refractivity contribution in [1.29, 1.82) is 0 Å². The van der Waals surface area contributed by atoms with E-state index < -0.39 is 0 Å². The Morgan fingerprint density at radius 3 is 2.44 bits per heavy atom. The van der Waals surface area contributed by atoms with Gasteiger partial charge in [0.2, 0.25) is 0 Å². The first-order valence-electron chi connectivity index (χ1n) is 7.42. The molecule has 1 aliphatic carbocycles. The van der Waals surface area contributed by atoms with Crippen LogP contribution in [0.15, 0.2) is 0 Å². The zero-order valence-corrected chi connectivity index (χ0v) is 10.5. The highest BCUT2D eigenvalue weighted by molar-refractivity contribution is 4.94. The maximum atomic E-state index is 3.85. The Labute approximate surface area is 99.8 Å². The van der Waals surface area contributed by atoms with E-state index in [1.54, 1.807) is 0 Å². The van der Waals surface area contributed by atoms with Crippen molar-refractivity contribution >= 4 is 0 Å². The molecular weight excluding hydrogens is 196 g/mol. The molecule has 3 aliphatic rings. The Balaban J connectivity index is 1.72. The number of fused-ring (bicyclic) bond motifs is 1. The molecule has 1 N–H and O–H groups in total. The Hall–Kier alpha value is -0.0800. The normalized spacial score (nSPS) is 41.6. The molecule has 2 heteroatoms. The van der Waals surface area contributed by atoms with Gasteiger partial charge in [0.25, 0.3) is 0 Å². The summed E-state index contributed by atoms with van der Waals surface area (Å²) in [6.45, 7) is 4.01. The van der Waals surface area contributed by atoms with Crippen molar-refractivity contribution in [2.24, 2.45) is 5.92 Å². The Morgan fingerprint density at radius 1 is 0.812 bits per heavy atom. The SMILES string of the molecule is C1CCC(N2CCCC2)C2NCCCC2C1. The fourth-order valence-electron chi connectivity index (χ4n) is 4.18. The van der Waals surface area contributed by atoms with Crippen molar-refractivity contribution in [2.45, 2.75) is 63.5 Å². The van der Waals surface area contributed by atoms with Crippen LogP contribution < -0.4 is 5.32 Å². The average Bonchev–Trinajstić information content (AvgIpc) is 2.76. The molecule has 2 saturated heterocycles. The van der Waals surface area contributed by atoms with Crippen LogP contribution in [0.2, 0.25) is 0 Å². The van der Waals surface area contributed by atoms with E-state index in [9.17, 15) is 0 Å². The monoisotopic (exact) mass is 222 g/mol. The molecule has 3 rings (SSSR count). The number of rotatable bonds is 1. The summed E-state index contributed by atoms with van der Waals surface area (Å²) in [5, 5.41) is 3.85. The Morgan fingerprint density at radius 2 is 1.56 bits per heavy atom. The van der Waals surface area contributed by atoms with Crippen molar-refractivity contribution in [1.82, 2.24) is 10.2 Å². The van der Waals surface area contributed by atoms with E-state index in [1.165, 1.54) is 71.0 Å². The molecule has 0 radical (unpaired) electrons. The predicted octanol–water partition coefficient (Wildman–Crippen LogP) is 2.39. The van der Waals surface area contributed by atoms with E-state index in [0.29, 0.717) is 0 Å². The highest BCUT2D eigenvalue weighted by Gasteiger charge is 2.36. The van der Waals surface area contributed by atoms with Gasteiger partial charge >= 0.3 is 0 Å². The second-order valence-corrected chi connectivity index (χ2v) is 5.98. The number of piperidine rings is 1. The largest absolute Gasteiger partial charge is 0.312 e. The fraction of sp³-hybridized carbons (Fsp3) is 1.00. The lowest BCUT2D eigenvalue weighted by molar-refractivity contribution is 0.133. The van der Waals surface area contributed by atoms with Gasteiger partial charge in [0.1, 0.15) is 0 Å². The summed E-state index contributed by atoms with van der Waals surface area (Å²) in [4.78, 5) is 2.79. The minimum Gasteiger partial charge on any atom is -0.312 e. The van der Waals surface area contributed by atoms with E-state index in [-0.39, 0.29) is 0 Å². The number of nitrogens with one attached hydrogen (secondary N) is 1. The highest BCUT2D eigenvalue weighted by Crippen LogP contribution is 2.33. The molecule has 0 bridgehead atoms. The molecule has 3 atom stereocenters. The van der Waals surface area contributed by atoms with Crippen LogP contribution in [0.25, 0.3) is 0 Å². The first-order chi connectivity index (χ1) is 7.95. The summed E-state index contributed by atoms with van der Waals surface area (Å²) in [7, 11) is 0. The third-order valence-corrected chi connectivity index (χ3v) is 4.99. The zero-order chi connectivity index (χ0) is 10.8. The molecule has 0 aromatic carbocycles. The molecule has 1 saturated carbocycles. The van der Waals surface area contributed by atoms with E-state index in [0.717, 1.165) is 18.0 Å². The van der Waals surface area contributed by atoms with Gasteiger partial charge in [0, 0.05) is 12.1 Å². The molecule has 0 aromatic heterocycles. The van der Waals surface area contributed by atoms with Crippen LogP contribution in [0.5, 0.6) is 0 Å². The summed E-state index contributed by atoms with van der Waals surface area (Å²) in [6, 6.07) is 1.70. The smallest absolute Gasteiger partial charge is 0.0252 e. The number of hydrogen-bond donors (Lipinski definition) is 1. The van der Waals surface area contributed by atoms with Crippen LogP contribution in [0, 0.1) is 5.92 Å². The lowest BCUT2D eigenvalue weighted by Gasteiger charge is -2.40. The van der Waals surface area contributed by atoms with Crippen LogP contribution in [0.4, 0.5) is 0 Å². The molecule has 16 heavy (non-hydrogen) atoms. The zero-order valence-electron chi connectivity index (χ0n) is 10.5. The summed E-state index contributed by atoms with van der Waals surface area (Å²) >= 11 is 0. The van der Waals surface area contributed by atoms with Crippen molar-refractivity contribution in [2.75, 3.05) is 19.6 Å². The van der Waals surface area contributed by atoms with Gasteiger partial charge in [-0.1, -0.05) is 12.8 Å². The molecule has 0 amide bonds. The second kappa shape index (κ2) is 5.05. The average molecular weight is 222 g/mol. The predicted molar refractivity (Wildman–Crippen MR) is 67.6 cm³/mol. The van der Waals surface area contributed by atoms with Crippen LogP contribution in [-0.2, 0) is 0 Å². The Bertz CT molecular complexity index is 223. The van der Waals surface area contributed by atoms with Crippen LogP contribution >= 0.6 is 0 Å². The molecule has 2 heterocycles. The van der Waals surface area contributed by atoms with Gasteiger partial charge in [0.05, 0.1) is 0 Å².